The number of hydrogen-bond acceptors (Lipinski definition) is 6. The van der Waals surface area contributed by atoms with Gasteiger partial charge in [0.1, 0.15) is 24.4 Å². The maximum absolute atomic E-state index is 9.92. The van der Waals surface area contributed by atoms with E-state index in [1.54, 1.807) is 0 Å². The van der Waals surface area contributed by atoms with E-state index in [2.05, 4.69) is 0 Å². The van der Waals surface area contributed by atoms with E-state index in [1.165, 1.54) is 0 Å². The van der Waals surface area contributed by atoms with Crippen molar-refractivity contribution in [3.8, 4) is 0 Å². The molecule has 0 aromatic carbocycles. The molecule has 0 bridgehead atoms. The SMILES string of the molecule is CC(C)OC1C(CO)OC(O)C(O)C1OC(C)C. The van der Waals surface area contributed by atoms with Gasteiger partial charge in [0.2, 0.25) is 0 Å². The predicted molar refractivity (Wildman–Crippen MR) is 64.0 cm³/mol. The molecule has 0 radical (unpaired) electrons. The van der Waals surface area contributed by atoms with Crippen LogP contribution in [0.1, 0.15) is 27.7 Å². The first-order valence-corrected chi connectivity index (χ1v) is 6.30. The average Bonchev–Trinajstić information content (AvgIpc) is 2.27. The Bertz CT molecular complexity index is 235. The minimum Gasteiger partial charge on any atom is -0.394 e. The Hall–Kier alpha value is -0.240. The predicted octanol–water partition coefficient (Wildman–Crippen LogP) is -0.356. The van der Waals surface area contributed by atoms with Gasteiger partial charge >= 0.3 is 0 Å². The van der Waals surface area contributed by atoms with Gasteiger partial charge in [-0.2, -0.15) is 0 Å². The van der Waals surface area contributed by atoms with Crippen molar-refractivity contribution in [1.29, 1.82) is 0 Å². The Kier molecular flexibility index (Phi) is 5.97. The minimum absolute atomic E-state index is 0.103. The molecule has 1 aliphatic rings. The molecule has 1 saturated heterocycles. The molecule has 0 aromatic rings. The molecule has 108 valence electrons. The fraction of sp³-hybridized carbons (Fsp3) is 1.00. The molecule has 1 rings (SSSR count). The number of aliphatic hydroxyl groups excluding tert-OH is 3. The first-order valence-electron chi connectivity index (χ1n) is 6.30. The van der Waals surface area contributed by atoms with E-state index in [4.69, 9.17) is 14.2 Å². The van der Waals surface area contributed by atoms with Crippen LogP contribution in [0, 0.1) is 0 Å². The van der Waals surface area contributed by atoms with E-state index in [9.17, 15) is 15.3 Å². The van der Waals surface area contributed by atoms with Crippen molar-refractivity contribution >= 4 is 0 Å². The summed E-state index contributed by atoms with van der Waals surface area (Å²) in [7, 11) is 0. The summed E-state index contributed by atoms with van der Waals surface area (Å²) in [5, 5.41) is 28.8. The largest absolute Gasteiger partial charge is 0.394 e. The second kappa shape index (κ2) is 6.79. The molecule has 18 heavy (non-hydrogen) atoms. The lowest BCUT2D eigenvalue weighted by Gasteiger charge is -2.43. The molecule has 6 nitrogen and oxygen atoms in total. The van der Waals surface area contributed by atoms with Crippen LogP contribution in [-0.4, -0.2) is 64.8 Å². The molecule has 0 amide bonds. The zero-order valence-corrected chi connectivity index (χ0v) is 11.3. The van der Waals surface area contributed by atoms with Crippen LogP contribution in [0.2, 0.25) is 0 Å². The van der Waals surface area contributed by atoms with E-state index in [-0.39, 0.29) is 18.8 Å². The average molecular weight is 264 g/mol. The maximum Gasteiger partial charge on any atom is 0.184 e. The molecule has 1 aliphatic heterocycles. The van der Waals surface area contributed by atoms with Crippen molar-refractivity contribution in [2.24, 2.45) is 0 Å². The first kappa shape index (κ1) is 15.8. The summed E-state index contributed by atoms with van der Waals surface area (Å²) in [4.78, 5) is 0. The molecule has 0 saturated carbocycles. The topological polar surface area (TPSA) is 88.4 Å². The van der Waals surface area contributed by atoms with E-state index in [0.717, 1.165) is 0 Å². The van der Waals surface area contributed by atoms with Gasteiger partial charge in [-0.15, -0.1) is 0 Å². The van der Waals surface area contributed by atoms with Gasteiger partial charge in [-0.25, -0.2) is 0 Å². The first-order chi connectivity index (χ1) is 8.36. The molecule has 0 aliphatic carbocycles. The van der Waals surface area contributed by atoms with Gasteiger partial charge in [0, 0.05) is 0 Å². The van der Waals surface area contributed by atoms with Crippen molar-refractivity contribution in [3.63, 3.8) is 0 Å². The normalized spacial score (nSPS) is 37.5. The van der Waals surface area contributed by atoms with Crippen molar-refractivity contribution in [2.75, 3.05) is 6.61 Å². The van der Waals surface area contributed by atoms with E-state index in [0.29, 0.717) is 0 Å². The van der Waals surface area contributed by atoms with Gasteiger partial charge in [0.05, 0.1) is 18.8 Å². The smallest absolute Gasteiger partial charge is 0.184 e. The lowest BCUT2D eigenvalue weighted by Crippen LogP contribution is -2.61. The standard InChI is InChI=1S/C12H24O6/c1-6(2)16-10-8(5-13)18-12(15)9(14)11(10)17-7(3)4/h6-15H,5H2,1-4H3. The van der Waals surface area contributed by atoms with Crippen LogP contribution < -0.4 is 0 Å². The van der Waals surface area contributed by atoms with E-state index >= 15 is 0 Å². The van der Waals surface area contributed by atoms with Gasteiger partial charge in [-0.1, -0.05) is 0 Å². The van der Waals surface area contributed by atoms with Crippen LogP contribution >= 0.6 is 0 Å². The van der Waals surface area contributed by atoms with Crippen molar-refractivity contribution in [2.45, 2.75) is 70.6 Å². The number of aliphatic hydroxyl groups is 3. The van der Waals surface area contributed by atoms with E-state index in [1.807, 2.05) is 27.7 Å². The highest BCUT2D eigenvalue weighted by Crippen LogP contribution is 2.26. The highest BCUT2D eigenvalue weighted by molar-refractivity contribution is 4.91. The van der Waals surface area contributed by atoms with Crippen LogP contribution in [-0.2, 0) is 14.2 Å². The second-order valence-electron chi connectivity index (χ2n) is 5.04. The highest BCUT2D eigenvalue weighted by Gasteiger charge is 2.46. The van der Waals surface area contributed by atoms with Crippen LogP contribution in [0.25, 0.3) is 0 Å². The van der Waals surface area contributed by atoms with Crippen molar-refractivity contribution in [3.05, 3.63) is 0 Å². The number of rotatable bonds is 5. The summed E-state index contributed by atoms with van der Waals surface area (Å²) in [6.45, 7) is 7.04. The molecule has 5 atom stereocenters. The third-order valence-corrected chi connectivity index (χ3v) is 2.67. The van der Waals surface area contributed by atoms with Crippen LogP contribution in [0.15, 0.2) is 0 Å². The Morgan fingerprint density at radius 2 is 1.50 bits per heavy atom. The van der Waals surface area contributed by atoms with Crippen LogP contribution in [0.5, 0.6) is 0 Å². The van der Waals surface area contributed by atoms with Crippen LogP contribution in [0.4, 0.5) is 0 Å². The Morgan fingerprint density at radius 3 is 1.94 bits per heavy atom. The molecule has 1 heterocycles. The summed E-state index contributed by atoms with van der Waals surface area (Å²) < 4.78 is 16.4. The minimum atomic E-state index is -1.38. The Labute approximate surface area is 107 Å². The molecule has 3 N–H and O–H groups in total. The molecule has 0 spiro atoms. The van der Waals surface area contributed by atoms with Crippen LogP contribution in [0.3, 0.4) is 0 Å². The summed E-state index contributed by atoms with van der Waals surface area (Å²) in [6, 6.07) is 0. The van der Waals surface area contributed by atoms with Crippen molar-refractivity contribution in [1.82, 2.24) is 0 Å². The summed E-state index contributed by atoms with van der Waals surface area (Å²) in [6.07, 6.45) is -4.86. The maximum atomic E-state index is 9.92. The van der Waals surface area contributed by atoms with Gasteiger partial charge in [-0.3, -0.25) is 0 Å². The molecule has 6 heteroatoms. The summed E-state index contributed by atoms with van der Waals surface area (Å²) in [5.74, 6) is 0. The molecular formula is C12H24O6. The third kappa shape index (κ3) is 3.88. The number of ether oxygens (including phenoxy) is 3. The third-order valence-electron chi connectivity index (χ3n) is 2.67. The molecule has 1 fully saturated rings. The summed E-state index contributed by atoms with van der Waals surface area (Å²) >= 11 is 0. The van der Waals surface area contributed by atoms with Gasteiger partial charge in [-0.05, 0) is 27.7 Å². The molecule has 0 aromatic heterocycles. The zero-order valence-electron chi connectivity index (χ0n) is 11.3. The zero-order chi connectivity index (χ0) is 13.9. The van der Waals surface area contributed by atoms with Gasteiger partial charge in [0.25, 0.3) is 0 Å². The Balaban J connectivity index is 2.86. The fourth-order valence-corrected chi connectivity index (χ4v) is 2.00. The van der Waals surface area contributed by atoms with Gasteiger partial charge < -0.3 is 29.5 Å². The van der Waals surface area contributed by atoms with Crippen molar-refractivity contribution < 1.29 is 29.5 Å². The lowest BCUT2D eigenvalue weighted by molar-refractivity contribution is -0.310. The molecular weight excluding hydrogens is 240 g/mol. The van der Waals surface area contributed by atoms with Gasteiger partial charge in [0.15, 0.2) is 6.29 Å². The Morgan fingerprint density at radius 1 is 1.00 bits per heavy atom. The fourth-order valence-electron chi connectivity index (χ4n) is 2.00. The summed E-state index contributed by atoms with van der Waals surface area (Å²) in [5.41, 5.74) is 0. The lowest BCUT2D eigenvalue weighted by atomic mass is 9.98. The highest BCUT2D eigenvalue weighted by atomic mass is 16.7. The number of hydrogen-bond donors (Lipinski definition) is 3. The molecule has 5 unspecified atom stereocenters. The quantitative estimate of drug-likeness (QED) is 0.629. The van der Waals surface area contributed by atoms with E-state index < -0.39 is 30.7 Å². The second-order valence-corrected chi connectivity index (χ2v) is 5.04. The monoisotopic (exact) mass is 264 g/mol.